The van der Waals surface area contributed by atoms with E-state index in [9.17, 15) is 4.79 Å². The summed E-state index contributed by atoms with van der Waals surface area (Å²) in [5, 5.41) is 7.75. The van der Waals surface area contributed by atoms with Gasteiger partial charge in [-0.1, -0.05) is 54.7 Å². The molecular weight excluding hydrogens is 362 g/mol. The van der Waals surface area contributed by atoms with Crippen LogP contribution in [0.5, 0.6) is 0 Å². The van der Waals surface area contributed by atoms with Crippen LogP contribution in [0.25, 0.3) is 11.4 Å². The normalized spacial score (nSPS) is 13.2. The van der Waals surface area contributed by atoms with Gasteiger partial charge in [0, 0.05) is 16.1 Å². The van der Waals surface area contributed by atoms with Crippen LogP contribution in [0.15, 0.2) is 53.1 Å². The molecule has 27 heavy (non-hydrogen) atoms. The van der Waals surface area contributed by atoms with Crippen LogP contribution in [0, 0.1) is 12.8 Å². The average molecular weight is 384 g/mol. The first-order valence-corrected chi connectivity index (χ1v) is 9.32. The number of nitrogens with zero attached hydrogens (tertiary/aromatic N) is 2. The molecule has 1 amide bonds. The molecule has 0 aliphatic heterocycles. The third kappa shape index (κ3) is 4.55. The molecule has 1 aromatic heterocycles. The predicted molar refractivity (Wildman–Crippen MR) is 106 cm³/mol. The zero-order chi connectivity index (χ0) is 19.4. The number of aryl methyl sites for hydroxylation is 1. The minimum absolute atomic E-state index is 0.137. The number of carbonyl (C=O) groups is 1. The number of halogens is 1. The van der Waals surface area contributed by atoms with E-state index < -0.39 is 0 Å². The van der Waals surface area contributed by atoms with Crippen LogP contribution in [-0.2, 0) is 0 Å². The summed E-state index contributed by atoms with van der Waals surface area (Å²) < 4.78 is 5.48. The van der Waals surface area contributed by atoms with Crippen molar-refractivity contribution in [1.82, 2.24) is 15.5 Å². The second-order valence-corrected chi connectivity index (χ2v) is 7.10. The Labute approximate surface area is 163 Å². The molecule has 0 saturated heterocycles. The molecule has 0 spiro atoms. The Hall–Kier alpha value is -2.66. The van der Waals surface area contributed by atoms with E-state index in [1.807, 2.05) is 50.2 Å². The number of aromatic nitrogens is 2. The lowest BCUT2D eigenvalue weighted by Gasteiger charge is -2.20. The monoisotopic (exact) mass is 383 g/mol. The molecule has 3 aromatic rings. The SMILES string of the molecule is CC[C@@H](C)[C@H](NC(=O)c1ccc(C)cc1)c1nc(-c2ccc(Cl)cc2)no1. The number of amides is 1. The van der Waals surface area contributed by atoms with Crippen molar-refractivity contribution in [1.29, 1.82) is 0 Å². The van der Waals surface area contributed by atoms with E-state index in [1.165, 1.54) is 0 Å². The molecule has 2 atom stereocenters. The Balaban J connectivity index is 1.83. The standard InChI is InChI=1S/C21H22ClN3O2/c1-4-14(3)18(23-20(26)16-7-5-13(2)6-8-16)21-24-19(25-27-21)15-9-11-17(22)12-10-15/h5-12,14,18H,4H2,1-3H3,(H,23,26)/t14-,18+/m1/s1. The number of rotatable bonds is 6. The Kier molecular flexibility index (Phi) is 5.91. The van der Waals surface area contributed by atoms with Crippen LogP contribution in [-0.4, -0.2) is 16.0 Å². The summed E-state index contributed by atoms with van der Waals surface area (Å²) in [4.78, 5) is 17.2. The maximum atomic E-state index is 12.7. The summed E-state index contributed by atoms with van der Waals surface area (Å²) in [7, 11) is 0. The van der Waals surface area contributed by atoms with Gasteiger partial charge in [0.2, 0.25) is 11.7 Å². The first-order valence-electron chi connectivity index (χ1n) is 8.95. The van der Waals surface area contributed by atoms with Crippen molar-refractivity contribution in [3.63, 3.8) is 0 Å². The van der Waals surface area contributed by atoms with E-state index in [1.54, 1.807) is 12.1 Å². The van der Waals surface area contributed by atoms with Gasteiger partial charge in [0.15, 0.2) is 0 Å². The smallest absolute Gasteiger partial charge is 0.251 e. The Morgan fingerprint density at radius 1 is 1.15 bits per heavy atom. The molecule has 1 heterocycles. The highest BCUT2D eigenvalue weighted by Gasteiger charge is 2.26. The van der Waals surface area contributed by atoms with Crippen molar-refractivity contribution in [3.8, 4) is 11.4 Å². The molecule has 2 aromatic carbocycles. The second-order valence-electron chi connectivity index (χ2n) is 6.67. The summed E-state index contributed by atoms with van der Waals surface area (Å²) in [6.07, 6.45) is 0.859. The van der Waals surface area contributed by atoms with Crippen molar-refractivity contribution in [3.05, 3.63) is 70.6 Å². The van der Waals surface area contributed by atoms with Gasteiger partial charge in [-0.15, -0.1) is 0 Å². The van der Waals surface area contributed by atoms with Gasteiger partial charge in [-0.3, -0.25) is 4.79 Å². The van der Waals surface area contributed by atoms with E-state index in [4.69, 9.17) is 16.1 Å². The Morgan fingerprint density at radius 2 is 1.81 bits per heavy atom. The minimum Gasteiger partial charge on any atom is -0.340 e. The van der Waals surface area contributed by atoms with Crippen LogP contribution in [0.2, 0.25) is 5.02 Å². The fourth-order valence-corrected chi connectivity index (χ4v) is 2.82. The number of carbonyl (C=O) groups excluding carboxylic acids is 1. The van der Waals surface area contributed by atoms with Gasteiger partial charge in [-0.05, 0) is 49.2 Å². The summed E-state index contributed by atoms with van der Waals surface area (Å²) in [6.45, 7) is 6.10. The topological polar surface area (TPSA) is 68.0 Å². The first-order chi connectivity index (χ1) is 13.0. The Bertz CT molecular complexity index is 904. The Morgan fingerprint density at radius 3 is 2.44 bits per heavy atom. The van der Waals surface area contributed by atoms with E-state index in [0.717, 1.165) is 17.5 Å². The molecule has 0 unspecified atom stereocenters. The third-order valence-electron chi connectivity index (χ3n) is 4.62. The summed E-state index contributed by atoms with van der Waals surface area (Å²) >= 11 is 5.93. The minimum atomic E-state index is -0.364. The molecule has 0 fully saturated rings. The largest absolute Gasteiger partial charge is 0.340 e. The first kappa shape index (κ1) is 19.1. The maximum absolute atomic E-state index is 12.7. The zero-order valence-electron chi connectivity index (χ0n) is 15.6. The molecule has 0 bridgehead atoms. The zero-order valence-corrected chi connectivity index (χ0v) is 16.3. The van der Waals surface area contributed by atoms with Gasteiger partial charge in [0.25, 0.3) is 5.91 Å². The quantitative estimate of drug-likeness (QED) is 0.633. The van der Waals surface area contributed by atoms with E-state index in [0.29, 0.717) is 22.3 Å². The highest BCUT2D eigenvalue weighted by atomic mass is 35.5. The van der Waals surface area contributed by atoms with Gasteiger partial charge >= 0.3 is 0 Å². The van der Waals surface area contributed by atoms with Crippen LogP contribution in [0.1, 0.15) is 48.1 Å². The lowest BCUT2D eigenvalue weighted by Crippen LogP contribution is -2.32. The highest BCUT2D eigenvalue weighted by Crippen LogP contribution is 2.26. The van der Waals surface area contributed by atoms with Gasteiger partial charge in [0.05, 0.1) is 0 Å². The lowest BCUT2D eigenvalue weighted by molar-refractivity contribution is 0.0910. The highest BCUT2D eigenvalue weighted by molar-refractivity contribution is 6.30. The lowest BCUT2D eigenvalue weighted by atomic mass is 9.98. The second kappa shape index (κ2) is 8.35. The molecule has 5 nitrogen and oxygen atoms in total. The third-order valence-corrected chi connectivity index (χ3v) is 4.88. The van der Waals surface area contributed by atoms with Crippen molar-refractivity contribution >= 4 is 17.5 Å². The van der Waals surface area contributed by atoms with Gasteiger partial charge < -0.3 is 9.84 Å². The van der Waals surface area contributed by atoms with Crippen molar-refractivity contribution in [2.24, 2.45) is 5.92 Å². The average Bonchev–Trinajstić information content (AvgIpc) is 3.16. The van der Waals surface area contributed by atoms with Gasteiger partial charge in [-0.2, -0.15) is 4.98 Å². The van der Waals surface area contributed by atoms with Crippen molar-refractivity contribution < 1.29 is 9.32 Å². The fourth-order valence-electron chi connectivity index (χ4n) is 2.69. The molecule has 3 rings (SSSR count). The number of benzene rings is 2. The van der Waals surface area contributed by atoms with Crippen LogP contribution < -0.4 is 5.32 Å². The molecule has 140 valence electrons. The summed E-state index contributed by atoms with van der Waals surface area (Å²) in [5.41, 5.74) is 2.52. The fraction of sp³-hybridized carbons (Fsp3) is 0.286. The molecule has 6 heteroatoms. The summed E-state index contributed by atoms with van der Waals surface area (Å²) in [6, 6.07) is 14.3. The van der Waals surface area contributed by atoms with Crippen molar-refractivity contribution in [2.75, 3.05) is 0 Å². The maximum Gasteiger partial charge on any atom is 0.251 e. The van der Waals surface area contributed by atoms with E-state index >= 15 is 0 Å². The van der Waals surface area contributed by atoms with Crippen LogP contribution in [0.3, 0.4) is 0 Å². The summed E-state index contributed by atoms with van der Waals surface area (Å²) in [5.74, 6) is 0.846. The number of nitrogens with one attached hydrogen (secondary N) is 1. The van der Waals surface area contributed by atoms with Crippen LogP contribution in [0.4, 0.5) is 0 Å². The molecular formula is C21H22ClN3O2. The molecule has 1 N–H and O–H groups in total. The molecule has 0 radical (unpaired) electrons. The van der Waals surface area contributed by atoms with E-state index in [2.05, 4.69) is 22.4 Å². The van der Waals surface area contributed by atoms with Gasteiger partial charge in [-0.25, -0.2) is 0 Å². The van der Waals surface area contributed by atoms with E-state index in [-0.39, 0.29) is 17.9 Å². The molecule has 0 saturated carbocycles. The predicted octanol–water partition coefficient (Wildman–Crippen LogP) is 5.22. The molecule has 0 aliphatic rings. The molecule has 0 aliphatic carbocycles. The number of hydrogen-bond acceptors (Lipinski definition) is 4. The number of hydrogen-bond donors (Lipinski definition) is 1. The van der Waals surface area contributed by atoms with Gasteiger partial charge in [0.1, 0.15) is 6.04 Å². The van der Waals surface area contributed by atoms with Crippen molar-refractivity contribution in [2.45, 2.75) is 33.2 Å². The van der Waals surface area contributed by atoms with Crippen LogP contribution >= 0.6 is 11.6 Å².